The first-order valence-corrected chi connectivity index (χ1v) is 11.8. The maximum absolute atomic E-state index is 12.7. The van der Waals surface area contributed by atoms with Crippen molar-refractivity contribution >= 4 is 32.8 Å². The van der Waals surface area contributed by atoms with Crippen LogP contribution in [-0.2, 0) is 14.8 Å². The SMILES string of the molecule is N#C/C(=N/Nc1ccc(S(=O)(=O)N2CCOCC2)cc1)c1nc(-c2ccccc2)cs1. The first kappa shape index (κ1) is 21.1. The maximum Gasteiger partial charge on any atom is 0.243 e. The highest BCUT2D eigenvalue weighted by atomic mass is 32.2. The van der Waals surface area contributed by atoms with Gasteiger partial charge in [-0.05, 0) is 24.3 Å². The van der Waals surface area contributed by atoms with Crippen molar-refractivity contribution in [1.29, 1.82) is 5.26 Å². The van der Waals surface area contributed by atoms with Crippen molar-refractivity contribution in [1.82, 2.24) is 9.29 Å². The van der Waals surface area contributed by atoms with Crippen LogP contribution in [0.5, 0.6) is 0 Å². The number of nitrogens with one attached hydrogen (secondary N) is 1. The number of sulfonamides is 1. The lowest BCUT2D eigenvalue weighted by molar-refractivity contribution is 0.0730. The lowest BCUT2D eigenvalue weighted by atomic mass is 10.2. The number of ether oxygens (including phenoxy) is 1. The number of hydrazone groups is 1. The molecule has 8 nitrogen and oxygen atoms in total. The Labute approximate surface area is 184 Å². The molecule has 0 unspecified atom stereocenters. The number of nitrogens with zero attached hydrogens (tertiary/aromatic N) is 4. The summed E-state index contributed by atoms with van der Waals surface area (Å²) in [6.45, 7) is 1.48. The van der Waals surface area contributed by atoms with Crippen LogP contribution in [0.15, 0.2) is 70.0 Å². The van der Waals surface area contributed by atoms with Gasteiger partial charge in [0.15, 0.2) is 10.7 Å². The molecule has 1 aliphatic heterocycles. The standard InChI is InChI=1S/C21H19N5O3S2/c22-14-19(21-23-20(15-30-21)16-4-2-1-3-5-16)25-24-17-6-8-18(9-7-17)31(27,28)26-10-12-29-13-11-26/h1-9,15,24H,10-13H2/b25-19-. The van der Waals surface area contributed by atoms with Gasteiger partial charge in [0.25, 0.3) is 0 Å². The molecule has 0 saturated carbocycles. The van der Waals surface area contributed by atoms with Crippen LogP contribution < -0.4 is 5.43 Å². The van der Waals surface area contributed by atoms with Crippen LogP contribution in [0.3, 0.4) is 0 Å². The molecular weight excluding hydrogens is 434 g/mol. The van der Waals surface area contributed by atoms with Crippen LogP contribution in [0.2, 0.25) is 0 Å². The molecule has 10 heteroatoms. The minimum Gasteiger partial charge on any atom is -0.379 e. The van der Waals surface area contributed by atoms with E-state index in [-0.39, 0.29) is 10.6 Å². The lowest BCUT2D eigenvalue weighted by Crippen LogP contribution is -2.40. The molecule has 3 aromatic rings. The number of hydrogen-bond acceptors (Lipinski definition) is 8. The van der Waals surface area contributed by atoms with E-state index in [1.807, 2.05) is 35.7 Å². The van der Waals surface area contributed by atoms with Crippen LogP contribution in [0.25, 0.3) is 11.3 Å². The predicted octanol–water partition coefficient (Wildman–Crippen LogP) is 3.17. The Balaban J connectivity index is 1.47. The average Bonchev–Trinajstić information content (AvgIpc) is 3.31. The highest BCUT2D eigenvalue weighted by Gasteiger charge is 2.26. The number of nitriles is 1. The van der Waals surface area contributed by atoms with Gasteiger partial charge in [-0.2, -0.15) is 14.7 Å². The third-order valence-electron chi connectivity index (χ3n) is 4.64. The molecular formula is C21H19N5O3S2. The van der Waals surface area contributed by atoms with Crippen molar-refractivity contribution in [2.75, 3.05) is 31.7 Å². The van der Waals surface area contributed by atoms with Crippen LogP contribution in [0.1, 0.15) is 5.01 Å². The van der Waals surface area contributed by atoms with E-state index in [1.165, 1.54) is 27.8 Å². The normalized spacial score (nSPS) is 15.4. The summed E-state index contributed by atoms with van der Waals surface area (Å²) in [4.78, 5) is 4.70. The number of aromatic nitrogens is 1. The molecule has 2 heterocycles. The van der Waals surface area contributed by atoms with Crippen molar-refractivity contribution in [3.63, 3.8) is 0 Å². The predicted molar refractivity (Wildman–Crippen MR) is 119 cm³/mol. The second-order valence-electron chi connectivity index (χ2n) is 6.63. The molecule has 1 N–H and O–H groups in total. The second-order valence-corrected chi connectivity index (χ2v) is 9.42. The third-order valence-corrected chi connectivity index (χ3v) is 7.40. The summed E-state index contributed by atoms with van der Waals surface area (Å²) in [6, 6.07) is 18.0. The van der Waals surface area contributed by atoms with E-state index in [0.29, 0.717) is 37.0 Å². The molecule has 1 fully saturated rings. The molecule has 0 atom stereocenters. The minimum absolute atomic E-state index is 0.150. The molecule has 158 valence electrons. The minimum atomic E-state index is -3.55. The van der Waals surface area contributed by atoms with E-state index in [0.717, 1.165) is 11.3 Å². The quantitative estimate of drug-likeness (QED) is 0.454. The molecule has 0 radical (unpaired) electrons. The molecule has 0 amide bonds. The van der Waals surface area contributed by atoms with Gasteiger partial charge in [0, 0.05) is 24.0 Å². The Kier molecular flexibility index (Phi) is 6.39. The van der Waals surface area contributed by atoms with E-state index < -0.39 is 10.0 Å². The summed E-state index contributed by atoms with van der Waals surface area (Å²) in [7, 11) is -3.55. The fraction of sp³-hybridized carbons (Fsp3) is 0.190. The van der Waals surface area contributed by atoms with Gasteiger partial charge in [0.05, 0.1) is 29.5 Å². The molecule has 1 saturated heterocycles. The van der Waals surface area contributed by atoms with E-state index in [4.69, 9.17) is 4.74 Å². The van der Waals surface area contributed by atoms with E-state index in [1.54, 1.807) is 12.1 Å². The van der Waals surface area contributed by atoms with Crippen LogP contribution in [0.4, 0.5) is 5.69 Å². The van der Waals surface area contributed by atoms with E-state index >= 15 is 0 Å². The highest BCUT2D eigenvalue weighted by Crippen LogP contribution is 2.23. The number of rotatable bonds is 6. The van der Waals surface area contributed by atoms with Crippen molar-refractivity contribution in [2.45, 2.75) is 4.90 Å². The van der Waals surface area contributed by atoms with Crippen molar-refractivity contribution in [3.05, 3.63) is 65.0 Å². The van der Waals surface area contributed by atoms with Gasteiger partial charge in [0.1, 0.15) is 6.07 Å². The number of thiazole rings is 1. The zero-order valence-electron chi connectivity index (χ0n) is 16.4. The Bertz CT molecular complexity index is 1210. The van der Waals surface area contributed by atoms with Crippen molar-refractivity contribution in [3.8, 4) is 17.3 Å². The van der Waals surface area contributed by atoms with Gasteiger partial charge < -0.3 is 4.74 Å². The van der Waals surface area contributed by atoms with Gasteiger partial charge in [-0.25, -0.2) is 13.4 Å². The molecule has 1 aliphatic rings. The largest absolute Gasteiger partial charge is 0.379 e. The second kappa shape index (κ2) is 9.36. The average molecular weight is 454 g/mol. The van der Waals surface area contributed by atoms with Crippen molar-refractivity contribution < 1.29 is 13.2 Å². The summed E-state index contributed by atoms with van der Waals surface area (Å²) >= 11 is 1.33. The van der Waals surface area contributed by atoms with Gasteiger partial charge in [-0.3, -0.25) is 5.43 Å². The topological polar surface area (TPSA) is 108 Å². The number of anilines is 1. The number of benzene rings is 2. The van der Waals surface area contributed by atoms with Gasteiger partial charge in [0.2, 0.25) is 10.0 Å². The molecule has 0 aliphatic carbocycles. The first-order chi connectivity index (χ1) is 15.1. The summed E-state index contributed by atoms with van der Waals surface area (Å²) < 4.78 is 32.0. The Morgan fingerprint density at radius 3 is 2.52 bits per heavy atom. The zero-order chi connectivity index (χ0) is 21.7. The third kappa shape index (κ3) is 4.81. The Morgan fingerprint density at radius 1 is 1.13 bits per heavy atom. The smallest absolute Gasteiger partial charge is 0.243 e. The monoisotopic (exact) mass is 453 g/mol. The molecule has 2 aromatic carbocycles. The Hall–Kier alpha value is -3.10. The van der Waals surface area contributed by atoms with Crippen LogP contribution >= 0.6 is 11.3 Å². The molecule has 0 spiro atoms. The van der Waals surface area contributed by atoms with Crippen LogP contribution in [-0.4, -0.2) is 49.7 Å². The summed E-state index contributed by atoms with van der Waals surface area (Å²) in [5.74, 6) is 0. The van der Waals surface area contributed by atoms with Gasteiger partial charge >= 0.3 is 0 Å². The van der Waals surface area contributed by atoms with Crippen LogP contribution in [0, 0.1) is 11.3 Å². The highest BCUT2D eigenvalue weighted by molar-refractivity contribution is 7.89. The Morgan fingerprint density at radius 2 is 1.84 bits per heavy atom. The van der Waals surface area contributed by atoms with Gasteiger partial charge in [-0.1, -0.05) is 30.3 Å². The lowest BCUT2D eigenvalue weighted by Gasteiger charge is -2.26. The molecule has 0 bridgehead atoms. The summed E-state index contributed by atoms with van der Waals surface area (Å²) in [5, 5.41) is 16.0. The fourth-order valence-electron chi connectivity index (χ4n) is 3.00. The fourth-order valence-corrected chi connectivity index (χ4v) is 5.18. The first-order valence-electron chi connectivity index (χ1n) is 9.51. The molecule has 31 heavy (non-hydrogen) atoms. The van der Waals surface area contributed by atoms with E-state index in [2.05, 4.69) is 21.6 Å². The number of morpholine rings is 1. The maximum atomic E-state index is 12.7. The van der Waals surface area contributed by atoms with Crippen molar-refractivity contribution in [2.24, 2.45) is 5.10 Å². The molecule has 4 rings (SSSR count). The summed E-state index contributed by atoms with van der Waals surface area (Å²) in [6.07, 6.45) is 0. The number of hydrogen-bond donors (Lipinski definition) is 1. The van der Waals surface area contributed by atoms with E-state index in [9.17, 15) is 13.7 Å². The zero-order valence-corrected chi connectivity index (χ0v) is 18.1. The van der Waals surface area contributed by atoms with Gasteiger partial charge in [-0.15, -0.1) is 11.3 Å². The summed E-state index contributed by atoms with van der Waals surface area (Å²) in [5.41, 5.74) is 5.26. The molecule has 1 aromatic heterocycles.